The Labute approximate surface area is 66.0 Å². The first-order valence-corrected chi connectivity index (χ1v) is 4.14. The van der Waals surface area contributed by atoms with E-state index in [1.807, 2.05) is 0 Å². The Morgan fingerprint density at radius 2 is 1.30 bits per heavy atom. The number of rotatable bonds is 4. The zero-order chi connectivity index (χ0) is 8.41. The lowest BCUT2D eigenvalue weighted by molar-refractivity contribution is 0.480. The Kier molecular flexibility index (Phi) is 13.9. The molecule has 0 atom stereocenters. The molecule has 0 rings (SSSR count). The molecule has 0 heteroatoms. The van der Waals surface area contributed by atoms with Crippen molar-refractivity contribution >= 4 is 0 Å². The summed E-state index contributed by atoms with van der Waals surface area (Å²) >= 11 is 0. The molecule has 0 unspecified atom stereocenters. The minimum atomic E-state index is 0.963. The molecule has 10 heavy (non-hydrogen) atoms. The van der Waals surface area contributed by atoms with E-state index in [-0.39, 0.29) is 0 Å². The maximum atomic E-state index is 4.00. The van der Waals surface area contributed by atoms with Gasteiger partial charge >= 0.3 is 0 Å². The third kappa shape index (κ3) is 10.5. The second kappa shape index (κ2) is 11.4. The first-order chi connectivity index (χ1) is 4.81. The molecule has 0 nitrogen and oxygen atoms in total. The molecule has 0 fully saturated rings. The predicted molar refractivity (Wildman–Crippen MR) is 48.9 cm³/mol. The molecule has 0 aliphatic carbocycles. The molecular formula is C10H20. The van der Waals surface area contributed by atoms with Gasteiger partial charge in [-0.3, -0.25) is 0 Å². The zero-order valence-corrected chi connectivity index (χ0v) is 7.56. The van der Waals surface area contributed by atoms with Crippen LogP contribution >= 0.6 is 0 Å². The molecule has 0 saturated carbocycles. The Bertz CT molecular complexity index is 55.7. The van der Waals surface area contributed by atoms with E-state index in [1.165, 1.54) is 25.7 Å². The maximum Gasteiger partial charge on any atom is -0.0443 e. The van der Waals surface area contributed by atoms with Gasteiger partial charge < -0.3 is 0 Å². The van der Waals surface area contributed by atoms with Crippen LogP contribution in [0.2, 0.25) is 0 Å². The van der Waals surface area contributed by atoms with Gasteiger partial charge in [-0.2, -0.15) is 0 Å². The van der Waals surface area contributed by atoms with Gasteiger partial charge in [0.1, 0.15) is 0 Å². The van der Waals surface area contributed by atoms with Gasteiger partial charge in [-0.25, -0.2) is 0 Å². The first-order valence-electron chi connectivity index (χ1n) is 4.14. The van der Waals surface area contributed by atoms with Crippen LogP contribution in [0.3, 0.4) is 0 Å². The summed E-state index contributed by atoms with van der Waals surface area (Å²) in [6, 6.07) is 0. The summed E-state index contributed by atoms with van der Waals surface area (Å²) in [4.78, 5) is 0. The number of terminal acetylenes is 1. The minimum Gasteiger partial charge on any atom is -0.124 e. The average Bonchev–Trinajstić information content (AvgIpc) is 1.93. The molecule has 0 saturated heterocycles. The van der Waals surface area contributed by atoms with E-state index >= 15 is 0 Å². The SMILES string of the molecule is C#C.CCCC(C)CCC. The van der Waals surface area contributed by atoms with E-state index in [9.17, 15) is 0 Å². The van der Waals surface area contributed by atoms with Crippen LogP contribution in [0.1, 0.15) is 46.5 Å². The molecule has 0 aromatic rings. The van der Waals surface area contributed by atoms with Crippen LogP contribution in [0.25, 0.3) is 0 Å². The van der Waals surface area contributed by atoms with Crippen molar-refractivity contribution in [2.45, 2.75) is 46.5 Å². The van der Waals surface area contributed by atoms with E-state index < -0.39 is 0 Å². The van der Waals surface area contributed by atoms with Crippen LogP contribution in [0.4, 0.5) is 0 Å². The van der Waals surface area contributed by atoms with Gasteiger partial charge in [0.25, 0.3) is 0 Å². The fraction of sp³-hybridized carbons (Fsp3) is 0.800. The third-order valence-electron chi connectivity index (χ3n) is 1.56. The van der Waals surface area contributed by atoms with E-state index in [2.05, 4.69) is 33.6 Å². The highest BCUT2D eigenvalue weighted by Gasteiger charge is 1.95. The summed E-state index contributed by atoms with van der Waals surface area (Å²) in [5.74, 6) is 0.963. The fourth-order valence-corrected chi connectivity index (χ4v) is 1.13. The third-order valence-corrected chi connectivity index (χ3v) is 1.56. The van der Waals surface area contributed by atoms with Crippen molar-refractivity contribution in [3.8, 4) is 12.8 Å². The van der Waals surface area contributed by atoms with Gasteiger partial charge in [0, 0.05) is 0 Å². The van der Waals surface area contributed by atoms with E-state index in [0.29, 0.717) is 0 Å². The van der Waals surface area contributed by atoms with Crippen molar-refractivity contribution in [3.63, 3.8) is 0 Å². The van der Waals surface area contributed by atoms with Crippen LogP contribution in [0, 0.1) is 18.8 Å². The molecule has 0 N–H and O–H groups in total. The summed E-state index contributed by atoms with van der Waals surface area (Å²) in [5.41, 5.74) is 0. The van der Waals surface area contributed by atoms with Crippen LogP contribution in [-0.2, 0) is 0 Å². The van der Waals surface area contributed by atoms with E-state index in [0.717, 1.165) is 5.92 Å². The van der Waals surface area contributed by atoms with Crippen molar-refractivity contribution in [1.82, 2.24) is 0 Å². The molecule has 0 aliphatic rings. The van der Waals surface area contributed by atoms with Crippen LogP contribution in [0.5, 0.6) is 0 Å². The second-order valence-corrected chi connectivity index (χ2v) is 2.68. The van der Waals surface area contributed by atoms with E-state index in [1.54, 1.807) is 0 Å². The van der Waals surface area contributed by atoms with Gasteiger partial charge in [0.15, 0.2) is 0 Å². The lowest BCUT2D eigenvalue weighted by Crippen LogP contribution is -1.91. The van der Waals surface area contributed by atoms with Gasteiger partial charge in [-0.15, -0.1) is 12.8 Å². The molecule has 0 aliphatic heterocycles. The molecule has 0 spiro atoms. The Hall–Kier alpha value is -0.440. The highest BCUT2D eigenvalue weighted by molar-refractivity contribution is 4.48. The largest absolute Gasteiger partial charge is 0.124 e. The lowest BCUT2D eigenvalue weighted by atomic mass is 10.0. The number of hydrogen-bond acceptors (Lipinski definition) is 0. The molecule has 60 valence electrons. The monoisotopic (exact) mass is 140 g/mol. The fourth-order valence-electron chi connectivity index (χ4n) is 1.13. The highest BCUT2D eigenvalue weighted by Crippen LogP contribution is 2.10. The summed E-state index contributed by atoms with van der Waals surface area (Å²) in [5, 5.41) is 0. The Balaban J connectivity index is 0. The van der Waals surface area contributed by atoms with Crippen LogP contribution in [0.15, 0.2) is 0 Å². The van der Waals surface area contributed by atoms with Gasteiger partial charge in [0.2, 0.25) is 0 Å². The average molecular weight is 140 g/mol. The summed E-state index contributed by atoms with van der Waals surface area (Å²) in [6.07, 6.45) is 13.5. The number of hydrogen-bond donors (Lipinski definition) is 0. The molecule has 0 amide bonds. The lowest BCUT2D eigenvalue weighted by Gasteiger charge is -2.05. The highest BCUT2D eigenvalue weighted by atomic mass is 14.0. The van der Waals surface area contributed by atoms with Crippen LogP contribution in [-0.4, -0.2) is 0 Å². The summed E-state index contributed by atoms with van der Waals surface area (Å²) in [6.45, 7) is 6.85. The Morgan fingerprint density at radius 3 is 1.50 bits per heavy atom. The van der Waals surface area contributed by atoms with Gasteiger partial charge in [-0.05, 0) is 5.92 Å². The molecule has 0 bridgehead atoms. The topological polar surface area (TPSA) is 0 Å². The summed E-state index contributed by atoms with van der Waals surface area (Å²) < 4.78 is 0. The molecule has 0 aromatic heterocycles. The zero-order valence-electron chi connectivity index (χ0n) is 7.56. The van der Waals surface area contributed by atoms with Gasteiger partial charge in [-0.1, -0.05) is 46.5 Å². The smallest absolute Gasteiger partial charge is 0.0443 e. The minimum absolute atomic E-state index is 0.963. The molecule has 0 heterocycles. The van der Waals surface area contributed by atoms with Crippen molar-refractivity contribution in [2.75, 3.05) is 0 Å². The van der Waals surface area contributed by atoms with E-state index in [4.69, 9.17) is 0 Å². The van der Waals surface area contributed by atoms with Crippen molar-refractivity contribution in [2.24, 2.45) is 5.92 Å². The molecular weight excluding hydrogens is 120 g/mol. The standard InChI is InChI=1S/C8H18.C2H2/c1-4-6-8(3)7-5-2;1-2/h8H,4-7H2,1-3H3;1-2H. The quantitative estimate of drug-likeness (QED) is 0.524. The normalized spacial score (nSPS) is 8.60. The second-order valence-electron chi connectivity index (χ2n) is 2.68. The summed E-state index contributed by atoms with van der Waals surface area (Å²) in [7, 11) is 0. The molecule has 0 aromatic carbocycles. The first kappa shape index (κ1) is 12.3. The van der Waals surface area contributed by atoms with Gasteiger partial charge in [0.05, 0.1) is 0 Å². The van der Waals surface area contributed by atoms with Crippen molar-refractivity contribution < 1.29 is 0 Å². The predicted octanol–water partition coefficient (Wildman–Crippen LogP) is 3.47. The molecule has 0 radical (unpaired) electrons. The maximum absolute atomic E-state index is 4.00. The van der Waals surface area contributed by atoms with Crippen molar-refractivity contribution in [3.05, 3.63) is 0 Å². The van der Waals surface area contributed by atoms with Crippen LogP contribution < -0.4 is 0 Å². The Morgan fingerprint density at radius 1 is 1.00 bits per heavy atom. The van der Waals surface area contributed by atoms with Crippen molar-refractivity contribution in [1.29, 1.82) is 0 Å².